The second-order valence-electron chi connectivity index (χ2n) is 7.16. The predicted molar refractivity (Wildman–Crippen MR) is 131 cm³/mol. The molecule has 32 heavy (non-hydrogen) atoms. The number of carbonyl (C=O) groups excluding carboxylic acids is 1. The van der Waals surface area contributed by atoms with Crippen molar-refractivity contribution in [3.63, 3.8) is 0 Å². The van der Waals surface area contributed by atoms with Gasteiger partial charge in [0.15, 0.2) is 17.1 Å². The van der Waals surface area contributed by atoms with Gasteiger partial charge in [0, 0.05) is 17.3 Å². The third kappa shape index (κ3) is 5.85. The maximum absolute atomic E-state index is 12.5. The van der Waals surface area contributed by atoms with Crippen molar-refractivity contribution in [3.8, 4) is 5.75 Å². The van der Waals surface area contributed by atoms with Crippen molar-refractivity contribution in [2.45, 2.75) is 38.6 Å². The first-order valence-electron chi connectivity index (χ1n) is 9.94. The number of amides is 1. The van der Waals surface area contributed by atoms with Gasteiger partial charge in [-0.2, -0.15) is 0 Å². The Bertz CT molecular complexity index is 1130. The number of allylic oxidation sites excluding steroid dienone is 1. The van der Waals surface area contributed by atoms with Crippen molar-refractivity contribution in [1.29, 1.82) is 0 Å². The molecule has 0 aliphatic rings. The lowest BCUT2D eigenvalue weighted by Crippen LogP contribution is -2.16. The van der Waals surface area contributed by atoms with Gasteiger partial charge < -0.3 is 10.1 Å². The largest absolute Gasteiger partial charge is 0.481 e. The number of thioether (sulfide) groups is 1. The van der Waals surface area contributed by atoms with Crippen LogP contribution in [-0.2, 0) is 11.3 Å². The molecule has 3 rings (SSSR count). The summed E-state index contributed by atoms with van der Waals surface area (Å²) < 4.78 is 7.85. The van der Waals surface area contributed by atoms with Crippen molar-refractivity contribution >= 4 is 46.6 Å². The Balaban J connectivity index is 1.70. The molecule has 0 bridgehead atoms. The van der Waals surface area contributed by atoms with Gasteiger partial charge >= 0.3 is 0 Å². The Kier molecular flexibility index (Phi) is 8.23. The lowest BCUT2D eigenvalue weighted by molar-refractivity contribution is -0.113. The monoisotopic (exact) mass is 490 g/mol. The van der Waals surface area contributed by atoms with Crippen LogP contribution in [0.1, 0.15) is 30.0 Å². The number of hydrogen-bond donors (Lipinski definition) is 1. The molecule has 1 heterocycles. The third-order valence-electron chi connectivity index (χ3n) is 4.83. The van der Waals surface area contributed by atoms with Crippen molar-refractivity contribution in [2.24, 2.45) is 0 Å². The van der Waals surface area contributed by atoms with Crippen LogP contribution in [0.15, 0.2) is 54.2 Å². The average molecular weight is 491 g/mol. The molecule has 3 aromatic rings. The minimum Gasteiger partial charge on any atom is -0.481 e. The normalized spacial score (nSPS) is 11.8. The number of hydrogen-bond acceptors (Lipinski definition) is 5. The highest BCUT2D eigenvalue weighted by molar-refractivity contribution is 7.99. The van der Waals surface area contributed by atoms with E-state index in [1.807, 2.05) is 43.5 Å². The molecule has 1 atom stereocenters. The summed E-state index contributed by atoms with van der Waals surface area (Å²) in [5, 5.41) is 13.1. The molecule has 1 N–H and O–H groups in total. The zero-order chi connectivity index (χ0) is 23.3. The highest BCUT2D eigenvalue weighted by atomic mass is 35.5. The average Bonchev–Trinajstić information content (AvgIpc) is 3.15. The van der Waals surface area contributed by atoms with Crippen LogP contribution in [0.3, 0.4) is 0 Å². The summed E-state index contributed by atoms with van der Waals surface area (Å²) in [6.07, 6.45) is 1.31. The van der Waals surface area contributed by atoms with Crippen LogP contribution < -0.4 is 10.1 Å². The third-order valence-corrected chi connectivity index (χ3v) is 6.33. The van der Waals surface area contributed by atoms with Gasteiger partial charge in [-0.25, -0.2) is 0 Å². The topological polar surface area (TPSA) is 69.0 Å². The number of ether oxygens (including phenoxy) is 1. The smallest absolute Gasteiger partial charge is 0.234 e. The minimum atomic E-state index is -0.431. The molecule has 1 amide bonds. The Morgan fingerprint density at radius 1 is 1.28 bits per heavy atom. The number of rotatable bonds is 9. The molecular weight excluding hydrogens is 467 g/mol. The second kappa shape index (κ2) is 10.9. The minimum absolute atomic E-state index is 0.115. The van der Waals surface area contributed by atoms with Crippen LogP contribution in [-0.4, -0.2) is 26.4 Å². The number of anilines is 1. The first-order valence-corrected chi connectivity index (χ1v) is 11.7. The molecule has 0 saturated carbocycles. The van der Waals surface area contributed by atoms with Crippen molar-refractivity contribution in [2.75, 3.05) is 11.1 Å². The zero-order valence-electron chi connectivity index (χ0n) is 18.1. The molecule has 9 heteroatoms. The van der Waals surface area contributed by atoms with Gasteiger partial charge in [-0.3, -0.25) is 9.36 Å². The first kappa shape index (κ1) is 24.2. The molecule has 1 unspecified atom stereocenters. The lowest BCUT2D eigenvalue weighted by Gasteiger charge is -2.16. The summed E-state index contributed by atoms with van der Waals surface area (Å²) in [5.41, 5.74) is 2.99. The fraction of sp³-hybridized carbons (Fsp3) is 0.261. The van der Waals surface area contributed by atoms with Crippen LogP contribution in [0.4, 0.5) is 5.69 Å². The van der Waals surface area contributed by atoms with Crippen molar-refractivity contribution in [1.82, 2.24) is 14.8 Å². The molecule has 0 aliphatic heterocycles. The summed E-state index contributed by atoms with van der Waals surface area (Å²) in [6, 6.07) is 10.9. The Hall–Kier alpha value is -2.48. The van der Waals surface area contributed by atoms with E-state index in [1.54, 1.807) is 24.3 Å². The predicted octanol–water partition coefficient (Wildman–Crippen LogP) is 6.26. The Morgan fingerprint density at radius 2 is 2.06 bits per heavy atom. The van der Waals surface area contributed by atoms with E-state index in [2.05, 4.69) is 22.1 Å². The molecule has 0 radical (unpaired) electrons. The molecule has 0 saturated heterocycles. The van der Waals surface area contributed by atoms with Gasteiger partial charge in [0.05, 0.1) is 10.8 Å². The number of aryl methyl sites for hydroxylation is 1. The van der Waals surface area contributed by atoms with E-state index in [-0.39, 0.29) is 11.7 Å². The van der Waals surface area contributed by atoms with E-state index < -0.39 is 6.10 Å². The van der Waals surface area contributed by atoms with Gasteiger partial charge in [-0.1, -0.05) is 53.2 Å². The number of benzene rings is 2. The highest BCUT2D eigenvalue weighted by Gasteiger charge is 2.20. The van der Waals surface area contributed by atoms with Gasteiger partial charge in [0.25, 0.3) is 0 Å². The number of nitrogens with one attached hydrogen (secondary N) is 1. The maximum Gasteiger partial charge on any atom is 0.234 e. The van der Waals surface area contributed by atoms with Crippen LogP contribution in [0.2, 0.25) is 10.0 Å². The number of carbonyl (C=O) groups is 1. The SMILES string of the molecule is C=CCn1c(SCC(=O)Nc2cccc(C)c2C)nnc1C(C)Oc1ccc(Cl)cc1Cl. The van der Waals surface area contributed by atoms with Gasteiger partial charge in [-0.05, 0) is 56.2 Å². The number of aromatic nitrogens is 3. The summed E-state index contributed by atoms with van der Waals surface area (Å²) in [4.78, 5) is 12.5. The summed E-state index contributed by atoms with van der Waals surface area (Å²) >= 11 is 13.5. The van der Waals surface area contributed by atoms with Gasteiger partial charge in [-0.15, -0.1) is 16.8 Å². The fourth-order valence-electron chi connectivity index (χ4n) is 3.03. The van der Waals surface area contributed by atoms with Crippen LogP contribution in [0.5, 0.6) is 5.75 Å². The van der Waals surface area contributed by atoms with Crippen molar-refractivity contribution in [3.05, 3.63) is 76.0 Å². The first-order chi connectivity index (χ1) is 15.3. The van der Waals surface area contributed by atoms with E-state index in [4.69, 9.17) is 27.9 Å². The molecular formula is C23H24Cl2N4O2S. The van der Waals surface area contributed by atoms with Crippen LogP contribution in [0.25, 0.3) is 0 Å². The lowest BCUT2D eigenvalue weighted by atomic mass is 10.1. The van der Waals surface area contributed by atoms with E-state index in [9.17, 15) is 4.79 Å². The Morgan fingerprint density at radius 3 is 2.78 bits per heavy atom. The van der Waals surface area contributed by atoms with E-state index >= 15 is 0 Å². The van der Waals surface area contributed by atoms with Gasteiger partial charge in [0.2, 0.25) is 5.91 Å². The standard InChI is InChI=1S/C23H24Cl2N4O2S/c1-5-11-29-22(16(4)31-20-10-9-17(24)12-18(20)25)27-28-23(29)32-13-21(30)26-19-8-6-7-14(2)15(19)3/h5-10,12,16H,1,11,13H2,2-4H3,(H,26,30). The molecule has 0 fully saturated rings. The maximum atomic E-state index is 12.5. The summed E-state index contributed by atoms with van der Waals surface area (Å²) in [7, 11) is 0. The Labute approximate surface area is 202 Å². The van der Waals surface area contributed by atoms with Crippen molar-refractivity contribution < 1.29 is 9.53 Å². The van der Waals surface area contributed by atoms with E-state index in [1.165, 1.54) is 11.8 Å². The zero-order valence-corrected chi connectivity index (χ0v) is 20.4. The van der Waals surface area contributed by atoms with Crippen LogP contribution >= 0.6 is 35.0 Å². The van der Waals surface area contributed by atoms with E-state index in [0.717, 1.165) is 16.8 Å². The number of halogens is 2. The molecule has 1 aromatic heterocycles. The highest BCUT2D eigenvalue weighted by Crippen LogP contribution is 2.32. The fourth-order valence-corrected chi connectivity index (χ4v) is 4.23. The van der Waals surface area contributed by atoms with E-state index in [0.29, 0.717) is 33.3 Å². The number of nitrogens with zero attached hydrogens (tertiary/aromatic N) is 3. The molecule has 2 aromatic carbocycles. The van der Waals surface area contributed by atoms with Crippen LogP contribution in [0, 0.1) is 13.8 Å². The summed E-state index contributed by atoms with van der Waals surface area (Å²) in [6.45, 7) is 10.1. The summed E-state index contributed by atoms with van der Waals surface area (Å²) in [5.74, 6) is 1.18. The molecule has 6 nitrogen and oxygen atoms in total. The molecule has 0 spiro atoms. The van der Waals surface area contributed by atoms with Gasteiger partial charge in [0.1, 0.15) is 5.75 Å². The quantitative estimate of drug-likeness (QED) is 0.283. The molecule has 168 valence electrons. The second-order valence-corrected chi connectivity index (χ2v) is 8.95. The molecule has 0 aliphatic carbocycles.